The molecule has 3 rings (SSSR count). The zero-order valence-corrected chi connectivity index (χ0v) is 13.6. The Morgan fingerprint density at radius 2 is 2.05 bits per heavy atom. The van der Waals surface area contributed by atoms with Gasteiger partial charge in [0.2, 0.25) is 0 Å². The summed E-state index contributed by atoms with van der Waals surface area (Å²) in [5.41, 5.74) is 1.40. The quantitative estimate of drug-likeness (QED) is 0.909. The summed E-state index contributed by atoms with van der Waals surface area (Å²) >= 11 is 1.87. The zero-order valence-electron chi connectivity index (χ0n) is 12.8. The summed E-state index contributed by atoms with van der Waals surface area (Å²) < 4.78 is 0. The average molecular weight is 300 g/mol. The Hall–Kier alpha value is -1.16. The van der Waals surface area contributed by atoms with Crippen LogP contribution < -0.4 is 5.32 Å². The average Bonchev–Trinajstić information content (AvgIpc) is 3.09. The van der Waals surface area contributed by atoms with Gasteiger partial charge in [-0.25, -0.2) is 0 Å². The third-order valence-electron chi connectivity index (χ3n) is 4.59. The number of hydrogen-bond acceptors (Lipinski definition) is 3. The molecule has 0 bridgehead atoms. The number of benzene rings is 1. The lowest BCUT2D eigenvalue weighted by atomic mass is 9.98. The van der Waals surface area contributed by atoms with Gasteiger partial charge in [-0.3, -0.25) is 4.90 Å². The summed E-state index contributed by atoms with van der Waals surface area (Å²) in [6, 6.07) is 16.8. The molecule has 2 nitrogen and oxygen atoms in total. The molecule has 0 aliphatic carbocycles. The van der Waals surface area contributed by atoms with Crippen LogP contribution >= 0.6 is 11.3 Å². The van der Waals surface area contributed by atoms with Crippen molar-refractivity contribution in [2.75, 3.05) is 13.1 Å². The molecule has 3 atom stereocenters. The Labute approximate surface area is 131 Å². The van der Waals surface area contributed by atoms with Crippen molar-refractivity contribution in [2.24, 2.45) is 0 Å². The zero-order chi connectivity index (χ0) is 14.7. The van der Waals surface area contributed by atoms with Gasteiger partial charge >= 0.3 is 0 Å². The van der Waals surface area contributed by atoms with Gasteiger partial charge in [-0.1, -0.05) is 43.3 Å². The van der Waals surface area contributed by atoms with Crippen LogP contribution in [0.2, 0.25) is 0 Å². The predicted octanol–water partition coefficient (Wildman–Crippen LogP) is 4.23. The molecule has 1 fully saturated rings. The van der Waals surface area contributed by atoms with Gasteiger partial charge in [0.05, 0.1) is 0 Å². The van der Waals surface area contributed by atoms with E-state index in [-0.39, 0.29) is 0 Å². The molecule has 112 valence electrons. The Morgan fingerprint density at radius 1 is 1.24 bits per heavy atom. The van der Waals surface area contributed by atoms with Crippen LogP contribution in [0.5, 0.6) is 0 Å². The summed E-state index contributed by atoms with van der Waals surface area (Å²) in [7, 11) is 0. The van der Waals surface area contributed by atoms with Crippen LogP contribution in [0.3, 0.4) is 0 Å². The molecule has 2 heterocycles. The summed E-state index contributed by atoms with van der Waals surface area (Å²) in [4.78, 5) is 4.15. The van der Waals surface area contributed by atoms with Crippen LogP contribution in [0, 0.1) is 0 Å². The first kappa shape index (κ1) is 14.8. The molecule has 0 amide bonds. The topological polar surface area (TPSA) is 15.3 Å². The molecule has 0 saturated carbocycles. The van der Waals surface area contributed by atoms with Crippen molar-refractivity contribution in [3.63, 3.8) is 0 Å². The third kappa shape index (κ3) is 3.20. The Kier molecular flexibility index (Phi) is 4.73. The van der Waals surface area contributed by atoms with Crippen molar-refractivity contribution in [2.45, 2.75) is 38.4 Å². The van der Waals surface area contributed by atoms with E-state index >= 15 is 0 Å². The largest absolute Gasteiger partial charge is 0.307 e. The lowest BCUT2D eigenvalue weighted by molar-refractivity contribution is 0.0875. The van der Waals surface area contributed by atoms with Crippen molar-refractivity contribution < 1.29 is 0 Å². The van der Waals surface area contributed by atoms with E-state index in [2.05, 4.69) is 71.9 Å². The summed E-state index contributed by atoms with van der Waals surface area (Å²) in [6.07, 6.45) is 1.20. The summed E-state index contributed by atoms with van der Waals surface area (Å²) in [5, 5.41) is 5.91. The van der Waals surface area contributed by atoms with E-state index in [4.69, 9.17) is 0 Å². The SMILES string of the molecule is CCC1CNC(c2ccccc2)CN1C(C)c1cccs1. The molecule has 1 aromatic carbocycles. The van der Waals surface area contributed by atoms with Crippen molar-refractivity contribution in [3.05, 3.63) is 58.3 Å². The van der Waals surface area contributed by atoms with Crippen LogP contribution in [-0.2, 0) is 0 Å². The molecular weight excluding hydrogens is 276 g/mol. The van der Waals surface area contributed by atoms with E-state index in [1.54, 1.807) is 0 Å². The minimum atomic E-state index is 0.441. The minimum absolute atomic E-state index is 0.441. The van der Waals surface area contributed by atoms with Crippen LogP contribution in [0.1, 0.15) is 42.8 Å². The Bertz CT molecular complexity index is 538. The van der Waals surface area contributed by atoms with E-state index in [1.165, 1.54) is 16.9 Å². The van der Waals surface area contributed by atoms with Gasteiger partial charge in [-0.2, -0.15) is 0 Å². The smallest absolute Gasteiger partial charge is 0.0450 e. The van der Waals surface area contributed by atoms with Gasteiger partial charge in [0, 0.05) is 36.1 Å². The van der Waals surface area contributed by atoms with Gasteiger partial charge in [-0.05, 0) is 30.4 Å². The van der Waals surface area contributed by atoms with Crippen molar-refractivity contribution in [1.29, 1.82) is 0 Å². The highest BCUT2D eigenvalue weighted by Crippen LogP contribution is 2.31. The first-order valence-corrected chi connectivity index (χ1v) is 8.75. The highest BCUT2D eigenvalue weighted by molar-refractivity contribution is 7.10. The second kappa shape index (κ2) is 6.73. The van der Waals surface area contributed by atoms with Gasteiger partial charge in [0.15, 0.2) is 0 Å². The second-order valence-electron chi connectivity index (χ2n) is 5.82. The maximum atomic E-state index is 3.73. The highest BCUT2D eigenvalue weighted by atomic mass is 32.1. The molecule has 1 aromatic heterocycles. The molecule has 1 N–H and O–H groups in total. The van der Waals surface area contributed by atoms with Crippen molar-refractivity contribution >= 4 is 11.3 Å². The first-order chi connectivity index (χ1) is 10.3. The fourth-order valence-electron chi connectivity index (χ4n) is 3.27. The number of hydrogen-bond donors (Lipinski definition) is 1. The third-order valence-corrected chi connectivity index (χ3v) is 5.63. The van der Waals surface area contributed by atoms with Gasteiger partial charge < -0.3 is 5.32 Å². The predicted molar refractivity (Wildman–Crippen MR) is 90.7 cm³/mol. The van der Waals surface area contributed by atoms with Crippen LogP contribution in [-0.4, -0.2) is 24.0 Å². The lowest BCUT2D eigenvalue weighted by Gasteiger charge is -2.43. The van der Waals surface area contributed by atoms with E-state index in [9.17, 15) is 0 Å². The molecule has 1 aliphatic heterocycles. The number of nitrogens with zero attached hydrogens (tertiary/aromatic N) is 1. The Balaban J connectivity index is 1.79. The normalized spacial score (nSPS) is 24.9. The minimum Gasteiger partial charge on any atom is -0.307 e. The fraction of sp³-hybridized carbons (Fsp3) is 0.444. The maximum absolute atomic E-state index is 3.73. The van der Waals surface area contributed by atoms with E-state index < -0.39 is 0 Å². The Morgan fingerprint density at radius 3 is 2.71 bits per heavy atom. The van der Waals surface area contributed by atoms with Crippen molar-refractivity contribution in [1.82, 2.24) is 10.2 Å². The molecule has 1 aliphatic rings. The number of thiophene rings is 1. The van der Waals surface area contributed by atoms with E-state index in [0.717, 1.165) is 13.1 Å². The lowest BCUT2D eigenvalue weighted by Crippen LogP contribution is -2.53. The number of rotatable bonds is 4. The molecule has 0 spiro atoms. The fourth-order valence-corrected chi connectivity index (χ4v) is 4.08. The molecule has 1 saturated heterocycles. The molecule has 0 radical (unpaired) electrons. The molecular formula is C18H24N2S. The van der Waals surface area contributed by atoms with Gasteiger partial charge in [0.1, 0.15) is 0 Å². The molecule has 3 heteroatoms. The second-order valence-corrected chi connectivity index (χ2v) is 6.80. The highest BCUT2D eigenvalue weighted by Gasteiger charge is 2.31. The molecule has 2 aromatic rings. The standard InChI is InChI=1S/C18H24N2S/c1-3-16-12-19-17(15-8-5-4-6-9-15)13-20(16)14(2)18-10-7-11-21-18/h4-11,14,16-17,19H,3,12-13H2,1-2H3. The summed E-state index contributed by atoms with van der Waals surface area (Å²) in [5.74, 6) is 0. The maximum Gasteiger partial charge on any atom is 0.0450 e. The van der Waals surface area contributed by atoms with E-state index in [0.29, 0.717) is 18.1 Å². The van der Waals surface area contributed by atoms with Crippen LogP contribution in [0.4, 0.5) is 0 Å². The van der Waals surface area contributed by atoms with Gasteiger partial charge in [0.25, 0.3) is 0 Å². The number of piperazine rings is 1. The van der Waals surface area contributed by atoms with E-state index in [1.807, 2.05) is 11.3 Å². The van der Waals surface area contributed by atoms with Crippen LogP contribution in [0.25, 0.3) is 0 Å². The summed E-state index contributed by atoms with van der Waals surface area (Å²) in [6.45, 7) is 6.80. The van der Waals surface area contributed by atoms with Crippen LogP contribution in [0.15, 0.2) is 47.8 Å². The number of nitrogens with one attached hydrogen (secondary N) is 1. The monoisotopic (exact) mass is 300 g/mol. The molecule has 21 heavy (non-hydrogen) atoms. The molecule has 3 unspecified atom stereocenters. The van der Waals surface area contributed by atoms with Gasteiger partial charge in [-0.15, -0.1) is 11.3 Å². The van der Waals surface area contributed by atoms with Crippen molar-refractivity contribution in [3.8, 4) is 0 Å². The first-order valence-electron chi connectivity index (χ1n) is 7.87.